The highest BCUT2D eigenvalue weighted by atomic mass is 35.5. The maximum absolute atomic E-state index is 13.4. The summed E-state index contributed by atoms with van der Waals surface area (Å²) in [5.41, 5.74) is 0.532. The molecule has 4 heteroatoms. The lowest BCUT2D eigenvalue weighted by Crippen LogP contribution is -2.33. The Hall–Kier alpha value is -0.640. The number of benzene rings is 1. The van der Waals surface area contributed by atoms with Gasteiger partial charge in [-0.3, -0.25) is 0 Å². The minimum Gasteiger partial charge on any atom is -0.371 e. The molecule has 14 heavy (non-hydrogen) atoms. The number of hydrogen-bond acceptors (Lipinski definition) is 2. The number of nitrogens with one attached hydrogen (secondary N) is 1. The Morgan fingerprint density at radius 2 is 2.36 bits per heavy atom. The molecule has 2 nitrogen and oxygen atoms in total. The summed E-state index contributed by atoms with van der Waals surface area (Å²) in [6, 6.07) is 4.53. The summed E-state index contributed by atoms with van der Waals surface area (Å²) < 4.78 is 18.8. The van der Waals surface area contributed by atoms with Crippen LogP contribution in [-0.4, -0.2) is 19.7 Å². The topological polar surface area (TPSA) is 21.3 Å². The number of morpholine rings is 1. The van der Waals surface area contributed by atoms with E-state index in [1.165, 1.54) is 12.1 Å². The van der Waals surface area contributed by atoms with Gasteiger partial charge in [-0.1, -0.05) is 11.6 Å². The molecule has 1 aliphatic heterocycles. The van der Waals surface area contributed by atoms with Crippen molar-refractivity contribution in [1.29, 1.82) is 0 Å². The van der Waals surface area contributed by atoms with Crippen molar-refractivity contribution in [1.82, 2.24) is 5.32 Å². The van der Waals surface area contributed by atoms with Crippen LogP contribution < -0.4 is 5.32 Å². The number of halogens is 2. The molecule has 1 N–H and O–H groups in total. The van der Waals surface area contributed by atoms with Crippen molar-refractivity contribution in [3.63, 3.8) is 0 Å². The number of ether oxygens (including phenoxy) is 1. The molecule has 0 saturated carbocycles. The first-order valence-electron chi connectivity index (χ1n) is 4.54. The summed E-state index contributed by atoms with van der Waals surface area (Å²) in [4.78, 5) is 0. The van der Waals surface area contributed by atoms with Gasteiger partial charge in [0.25, 0.3) is 0 Å². The molecule has 1 aromatic rings. The largest absolute Gasteiger partial charge is 0.371 e. The molecule has 0 radical (unpaired) electrons. The molecule has 1 unspecified atom stereocenters. The monoisotopic (exact) mass is 215 g/mol. The van der Waals surface area contributed by atoms with Crippen molar-refractivity contribution >= 4 is 11.6 Å². The summed E-state index contributed by atoms with van der Waals surface area (Å²) in [5, 5.41) is 3.68. The molecule has 0 spiro atoms. The molecule has 1 aliphatic rings. The molecule has 0 bridgehead atoms. The first-order valence-corrected chi connectivity index (χ1v) is 4.92. The van der Waals surface area contributed by atoms with E-state index < -0.39 is 0 Å². The van der Waals surface area contributed by atoms with Gasteiger partial charge in [0.05, 0.1) is 12.7 Å². The Labute approximate surface area is 87.0 Å². The Bertz CT molecular complexity index is 326. The first kappa shape index (κ1) is 9.90. The summed E-state index contributed by atoms with van der Waals surface area (Å²) in [6.45, 7) is 2.06. The van der Waals surface area contributed by atoms with Crippen molar-refractivity contribution < 1.29 is 9.13 Å². The molecular formula is C10H11ClFNO. The van der Waals surface area contributed by atoms with Gasteiger partial charge in [0, 0.05) is 23.7 Å². The summed E-state index contributed by atoms with van der Waals surface area (Å²) in [6.07, 6.45) is -0.220. The fourth-order valence-electron chi connectivity index (χ4n) is 1.53. The SMILES string of the molecule is Fc1ccc(Cl)cc1C1CNCCO1. The van der Waals surface area contributed by atoms with E-state index in [9.17, 15) is 4.39 Å². The van der Waals surface area contributed by atoms with E-state index in [0.717, 1.165) is 6.54 Å². The fraction of sp³-hybridized carbons (Fsp3) is 0.400. The summed E-state index contributed by atoms with van der Waals surface area (Å²) in [7, 11) is 0. The van der Waals surface area contributed by atoms with Crippen molar-refractivity contribution in [3.8, 4) is 0 Å². The van der Waals surface area contributed by atoms with Gasteiger partial charge in [-0.15, -0.1) is 0 Å². The summed E-state index contributed by atoms with van der Waals surface area (Å²) in [5.74, 6) is -0.261. The van der Waals surface area contributed by atoms with Gasteiger partial charge in [0.15, 0.2) is 0 Å². The van der Waals surface area contributed by atoms with Crippen LogP contribution in [0, 0.1) is 5.82 Å². The average Bonchev–Trinajstić information content (AvgIpc) is 2.23. The van der Waals surface area contributed by atoms with Crippen LogP contribution in [0.1, 0.15) is 11.7 Å². The van der Waals surface area contributed by atoms with Gasteiger partial charge in [0.2, 0.25) is 0 Å². The van der Waals surface area contributed by atoms with Crippen LogP contribution in [0.4, 0.5) is 4.39 Å². The van der Waals surface area contributed by atoms with Crippen LogP contribution in [0.3, 0.4) is 0 Å². The third-order valence-electron chi connectivity index (χ3n) is 2.23. The van der Waals surface area contributed by atoms with E-state index in [-0.39, 0.29) is 11.9 Å². The van der Waals surface area contributed by atoms with E-state index in [0.29, 0.717) is 23.7 Å². The van der Waals surface area contributed by atoms with Gasteiger partial charge in [-0.05, 0) is 18.2 Å². The highest BCUT2D eigenvalue weighted by Crippen LogP contribution is 2.24. The van der Waals surface area contributed by atoms with Crippen LogP contribution in [-0.2, 0) is 4.74 Å². The zero-order valence-corrected chi connectivity index (χ0v) is 8.35. The second-order valence-electron chi connectivity index (χ2n) is 3.23. The van der Waals surface area contributed by atoms with Gasteiger partial charge in [0.1, 0.15) is 5.82 Å². The molecular weight excluding hydrogens is 205 g/mol. The van der Waals surface area contributed by atoms with Crippen molar-refractivity contribution in [2.45, 2.75) is 6.10 Å². The van der Waals surface area contributed by atoms with E-state index in [1.54, 1.807) is 6.07 Å². The second kappa shape index (κ2) is 4.26. The smallest absolute Gasteiger partial charge is 0.129 e. The quantitative estimate of drug-likeness (QED) is 0.775. The van der Waals surface area contributed by atoms with E-state index in [4.69, 9.17) is 16.3 Å². The van der Waals surface area contributed by atoms with Crippen molar-refractivity contribution in [2.75, 3.05) is 19.7 Å². The minimum absolute atomic E-state index is 0.220. The molecule has 0 aliphatic carbocycles. The molecule has 1 atom stereocenters. The lowest BCUT2D eigenvalue weighted by Gasteiger charge is -2.24. The van der Waals surface area contributed by atoms with Crippen molar-refractivity contribution in [2.24, 2.45) is 0 Å². The van der Waals surface area contributed by atoms with E-state index >= 15 is 0 Å². The maximum atomic E-state index is 13.4. The predicted octanol–water partition coefficient (Wildman–Crippen LogP) is 2.14. The van der Waals surface area contributed by atoms with Crippen LogP contribution in [0.2, 0.25) is 5.02 Å². The summed E-state index contributed by atoms with van der Waals surface area (Å²) >= 11 is 5.79. The number of rotatable bonds is 1. The van der Waals surface area contributed by atoms with Crippen LogP contribution in [0.15, 0.2) is 18.2 Å². The Morgan fingerprint density at radius 1 is 1.50 bits per heavy atom. The standard InChI is InChI=1S/C10H11ClFNO/c11-7-1-2-9(12)8(5-7)10-6-13-3-4-14-10/h1-2,5,10,13H,3-4,6H2. The number of hydrogen-bond donors (Lipinski definition) is 1. The van der Waals surface area contributed by atoms with Gasteiger partial charge < -0.3 is 10.1 Å². The molecule has 1 saturated heterocycles. The van der Waals surface area contributed by atoms with Gasteiger partial charge >= 0.3 is 0 Å². The van der Waals surface area contributed by atoms with E-state index in [1.807, 2.05) is 0 Å². The first-order chi connectivity index (χ1) is 6.77. The van der Waals surface area contributed by atoms with Crippen LogP contribution in [0.25, 0.3) is 0 Å². The van der Waals surface area contributed by atoms with Crippen molar-refractivity contribution in [3.05, 3.63) is 34.6 Å². The minimum atomic E-state index is -0.261. The van der Waals surface area contributed by atoms with Gasteiger partial charge in [-0.25, -0.2) is 4.39 Å². The van der Waals surface area contributed by atoms with Gasteiger partial charge in [-0.2, -0.15) is 0 Å². The van der Waals surface area contributed by atoms with Crippen LogP contribution >= 0.6 is 11.6 Å². The maximum Gasteiger partial charge on any atom is 0.129 e. The molecule has 76 valence electrons. The normalized spacial score (nSPS) is 22.3. The molecule has 0 aromatic heterocycles. The third-order valence-corrected chi connectivity index (χ3v) is 2.47. The lowest BCUT2D eigenvalue weighted by atomic mass is 10.1. The Morgan fingerprint density at radius 3 is 3.07 bits per heavy atom. The second-order valence-corrected chi connectivity index (χ2v) is 3.67. The Balaban J connectivity index is 2.24. The molecule has 1 fully saturated rings. The predicted molar refractivity (Wildman–Crippen MR) is 53.0 cm³/mol. The lowest BCUT2D eigenvalue weighted by molar-refractivity contribution is 0.0255. The average molecular weight is 216 g/mol. The zero-order valence-electron chi connectivity index (χ0n) is 7.59. The van der Waals surface area contributed by atoms with Crippen LogP contribution in [0.5, 0.6) is 0 Å². The Kier molecular flexibility index (Phi) is 3.01. The molecule has 1 heterocycles. The molecule has 0 amide bonds. The molecule has 1 aromatic carbocycles. The fourth-order valence-corrected chi connectivity index (χ4v) is 1.71. The third kappa shape index (κ3) is 2.05. The highest BCUT2D eigenvalue weighted by molar-refractivity contribution is 6.30. The van der Waals surface area contributed by atoms with E-state index in [2.05, 4.69) is 5.32 Å². The highest BCUT2D eigenvalue weighted by Gasteiger charge is 2.19. The molecule has 2 rings (SSSR count). The zero-order chi connectivity index (χ0) is 9.97.